The molecule has 0 aliphatic rings. The van der Waals surface area contributed by atoms with E-state index in [0.717, 1.165) is 11.8 Å². The molecular formula is C14H13ClOS. The van der Waals surface area contributed by atoms with Crippen molar-refractivity contribution < 1.29 is 4.79 Å². The van der Waals surface area contributed by atoms with Crippen LogP contribution in [0.15, 0.2) is 41.8 Å². The molecule has 0 aliphatic carbocycles. The lowest BCUT2D eigenvalue weighted by molar-refractivity contribution is -0.112. The number of thiophene rings is 1. The van der Waals surface area contributed by atoms with Crippen LogP contribution in [0.4, 0.5) is 0 Å². The highest BCUT2D eigenvalue weighted by Crippen LogP contribution is 2.29. The molecule has 17 heavy (non-hydrogen) atoms. The third kappa shape index (κ3) is 2.76. The Morgan fingerprint density at radius 2 is 2.18 bits per heavy atom. The zero-order chi connectivity index (χ0) is 12.3. The van der Waals surface area contributed by atoms with Crippen LogP contribution in [0.3, 0.4) is 0 Å². The van der Waals surface area contributed by atoms with Crippen LogP contribution in [0.2, 0.25) is 5.02 Å². The first-order valence-corrected chi connectivity index (χ1v) is 6.64. The highest BCUT2D eigenvalue weighted by atomic mass is 35.5. The number of carbonyl (C=O) groups excluding carboxylic acids is 1. The van der Waals surface area contributed by atoms with Gasteiger partial charge < -0.3 is 4.79 Å². The van der Waals surface area contributed by atoms with Gasteiger partial charge in [-0.3, -0.25) is 0 Å². The van der Waals surface area contributed by atoms with Crippen molar-refractivity contribution in [2.45, 2.75) is 18.8 Å². The molecule has 0 saturated carbocycles. The zero-order valence-corrected chi connectivity index (χ0v) is 11.1. The molecule has 1 unspecified atom stereocenters. The van der Waals surface area contributed by atoms with Crippen molar-refractivity contribution >= 4 is 29.2 Å². The molecule has 0 N–H and O–H groups in total. The normalized spacial score (nSPS) is 14.2. The predicted octanol–water partition coefficient (Wildman–Crippen LogP) is 4.10. The Morgan fingerprint density at radius 3 is 2.76 bits per heavy atom. The van der Waals surface area contributed by atoms with Crippen LogP contribution in [-0.4, -0.2) is 6.29 Å². The maximum absolute atomic E-state index is 11.4. The molecule has 1 aromatic heterocycles. The van der Waals surface area contributed by atoms with Gasteiger partial charge in [-0.25, -0.2) is 0 Å². The molecule has 0 saturated heterocycles. The molecule has 1 aromatic carbocycles. The van der Waals surface area contributed by atoms with Gasteiger partial charge in [-0.15, -0.1) is 11.3 Å². The number of hydrogen-bond donors (Lipinski definition) is 0. The lowest BCUT2D eigenvalue weighted by atomic mass is 9.80. The smallest absolute Gasteiger partial charge is 0.130 e. The summed E-state index contributed by atoms with van der Waals surface area (Å²) in [7, 11) is 0. The minimum atomic E-state index is -0.504. The Hall–Kier alpha value is -1.12. The minimum absolute atomic E-state index is 0.504. The predicted molar refractivity (Wildman–Crippen MR) is 72.9 cm³/mol. The molecule has 0 radical (unpaired) electrons. The largest absolute Gasteiger partial charge is 0.302 e. The van der Waals surface area contributed by atoms with Crippen molar-refractivity contribution in [1.82, 2.24) is 0 Å². The summed E-state index contributed by atoms with van der Waals surface area (Å²) >= 11 is 7.65. The topological polar surface area (TPSA) is 17.1 Å². The van der Waals surface area contributed by atoms with Crippen LogP contribution in [0.5, 0.6) is 0 Å². The monoisotopic (exact) mass is 264 g/mol. The number of hydrogen-bond acceptors (Lipinski definition) is 2. The summed E-state index contributed by atoms with van der Waals surface area (Å²) < 4.78 is 0. The fraction of sp³-hybridized carbons (Fsp3) is 0.214. The van der Waals surface area contributed by atoms with Crippen LogP contribution in [0.1, 0.15) is 17.4 Å². The molecular weight excluding hydrogens is 252 g/mol. The van der Waals surface area contributed by atoms with Crippen LogP contribution in [0, 0.1) is 0 Å². The van der Waals surface area contributed by atoms with Crippen molar-refractivity contribution in [3.05, 3.63) is 57.2 Å². The van der Waals surface area contributed by atoms with Crippen LogP contribution in [0.25, 0.3) is 0 Å². The molecule has 1 heterocycles. The Kier molecular flexibility index (Phi) is 3.65. The molecule has 0 fully saturated rings. The van der Waals surface area contributed by atoms with Gasteiger partial charge in [-0.2, -0.15) is 0 Å². The summed E-state index contributed by atoms with van der Waals surface area (Å²) in [6.07, 6.45) is 1.73. The second-order valence-electron chi connectivity index (χ2n) is 4.30. The molecule has 1 nitrogen and oxygen atoms in total. The van der Waals surface area contributed by atoms with Crippen molar-refractivity contribution in [3.63, 3.8) is 0 Å². The highest BCUT2D eigenvalue weighted by molar-refractivity contribution is 7.09. The van der Waals surface area contributed by atoms with Crippen LogP contribution < -0.4 is 0 Å². The Labute approximate surface area is 110 Å². The van der Waals surface area contributed by atoms with E-state index in [1.807, 2.05) is 42.6 Å². The van der Waals surface area contributed by atoms with E-state index in [9.17, 15) is 4.79 Å². The minimum Gasteiger partial charge on any atom is -0.302 e. The second kappa shape index (κ2) is 5.03. The van der Waals surface area contributed by atoms with E-state index >= 15 is 0 Å². The molecule has 1 atom stereocenters. The molecule has 2 aromatic rings. The van der Waals surface area contributed by atoms with Gasteiger partial charge in [0.2, 0.25) is 0 Å². The van der Waals surface area contributed by atoms with Gasteiger partial charge in [0.05, 0.1) is 5.41 Å². The molecule has 88 valence electrons. The van der Waals surface area contributed by atoms with E-state index in [-0.39, 0.29) is 0 Å². The summed E-state index contributed by atoms with van der Waals surface area (Å²) in [6, 6.07) is 11.6. The van der Waals surface area contributed by atoms with Crippen LogP contribution in [-0.2, 0) is 16.6 Å². The lowest BCUT2D eigenvalue weighted by Crippen LogP contribution is -2.26. The highest BCUT2D eigenvalue weighted by Gasteiger charge is 2.27. The quantitative estimate of drug-likeness (QED) is 0.760. The summed E-state index contributed by atoms with van der Waals surface area (Å²) in [6.45, 7) is 1.95. The number of benzene rings is 1. The molecule has 0 bridgehead atoms. The Balaban J connectivity index is 2.34. The first kappa shape index (κ1) is 12.3. The number of halogens is 1. The first-order valence-electron chi connectivity index (χ1n) is 5.39. The van der Waals surface area contributed by atoms with Gasteiger partial charge in [0.1, 0.15) is 6.29 Å². The maximum atomic E-state index is 11.4. The second-order valence-corrected chi connectivity index (χ2v) is 5.77. The van der Waals surface area contributed by atoms with Gasteiger partial charge in [-0.1, -0.05) is 29.8 Å². The molecule has 3 heteroatoms. The van der Waals surface area contributed by atoms with Crippen LogP contribution >= 0.6 is 22.9 Å². The fourth-order valence-electron chi connectivity index (χ4n) is 1.83. The molecule has 0 aliphatic heterocycles. The molecule has 0 amide bonds. The average molecular weight is 265 g/mol. The molecule has 0 spiro atoms. The van der Waals surface area contributed by atoms with E-state index in [1.165, 1.54) is 4.88 Å². The van der Waals surface area contributed by atoms with Crippen molar-refractivity contribution in [2.75, 3.05) is 0 Å². The lowest BCUT2D eigenvalue weighted by Gasteiger charge is -2.23. The van der Waals surface area contributed by atoms with E-state index in [4.69, 9.17) is 11.6 Å². The number of aldehydes is 1. The number of rotatable bonds is 4. The van der Waals surface area contributed by atoms with E-state index in [0.29, 0.717) is 11.4 Å². The maximum Gasteiger partial charge on any atom is 0.130 e. The van der Waals surface area contributed by atoms with Crippen molar-refractivity contribution in [1.29, 1.82) is 0 Å². The summed E-state index contributed by atoms with van der Waals surface area (Å²) in [4.78, 5) is 12.6. The SMILES string of the molecule is CC(C=O)(Cc1cccs1)c1cccc(Cl)c1. The van der Waals surface area contributed by atoms with E-state index < -0.39 is 5.41 Å². The van der Waals surface area contributed by atoms with Crippen molar-refractivity contribution in [2.24, 2.45) is 0 Å². The third-order valence-electron chi connectivity index (χ3n) is 2.87. The van der Waals surface area contributed by atoms with Gasteiger partial charge in [0, 0.05) is 9.90 Å². The number of carbonyl (C=O) groups is 1. The van der Waals surface area contributed by atoms with Gasteiger partial charge in [0.15, 0.2) is 0 Å². The average Bonchev–Trinajstić information content (AvgIpc) is 2.81. The summed E-state index contributed by atoms with van der Waals surface area (Å²) in [5.41, 5.74) is 0.462. The van der Waals surface area contributed by atoms with Gasteiger partial charge >= 0.3 is 0 Å². The van der Waals surface area contributed by atoms with Gasteiger partial charge in [0.25, 0.3) is 0 Å². The fourth-order valence-corrected chi connectivity index (χ4v) is 2.89. The zero-order valence-electron chi connectivity index (χ0n) is 9.52. The Morgan fingerprint density at radius 1 is 1.35 bits per heavy atom. The first-order chi connectivity index (χ1) is 8.14. The Bertz CT molecular complexity index is 507. The van der Waals surface area contributed by atoms with E-state index in [2.05, 4.69) is 6.07 Å². The third-order valence-corrected chi connectivity index (χ3v) is 3.98. The standard InChI is InChI=1S/C14H13ClOS/c1-14(10-16,9-13-6-3-7-17-13)11-4-2-5-12(15)8-11/h2-8,10H,9H2,1H3. The van der Waals surface area contributed by atoms with E-state index in [1.54, 1.807) is 11.3 Å². The summed E-state index contributed by atoms with van der Waals surface area (Å²) in [5.74, 6) is 0. The molecule has 2 rings (SSSR count). The van der Waals surface area contributed by atoms with Gasteiger partial charge in [-0.05, 0) is 42.5 Å². The van der Waals surface area contributed by atoms with Crippen molar-refractivity contribution in [3.8, 4) is 0 Å². The summed E-state index contributed by atoms with van der Waals surface area (Å²) in [5, 5.41) is 2.69.